The number of para-hydroxylation sites is 1. The molecule has 0 saturated carbocycles. The summed E-state index contributed by atoms with van der Waals surface area (Å²) in [5.41, 5.74) is 7.43. The molecule has 0 aliphatic rings. The van der Waals surface area contributed by atoms with Crippen molar-refractivity contribution in [3.63, 3.8) is 0 Å². The van der Waals surface area contributed by atoms with E-state index in [2.05, 4.69) is 4.98 Å². The number of hydrogen-bond donors (Lipinski definition) is 1. The van der Waals surface area contributed by atoms with Crippen molar-refractivity contribution in [1.82, 2.24) is 4.98 Å². The summed E-state index contributed by atoms with van der Waals surface area (Å²) in [4.78, 5) is 15.2. The predicted octanol–water partition coefficient (Wildman–Crippen LogP) is 3.03. The summed E-state index contributed by atoms with van der Waals surface area (Å²) in [6.07, 6.45) is 1.64. The van der Waals surface area contributed by atoms with E-state index in [1.165, 1.54) is 17.8 Å². The summed E-state index contributed by atoms with van der Waals surface area (Å²) in [6.45, 7) is 1.88. The Labute approximate surface area is 108 Å². The molecule has 0 atom stereocenters. The fraction of sp³-hybridized carbons (Fsp3) is 0.0833. The topological polar surface area (TPSA) is 82.0 Å². The second-order valence-corrected chi connectivity index (χ2v) is 4.70. The van der Waals surface area contributed by atoms with Crippen LogP contribution in [0.4, 0.5) is 11.4 Å². The van der Waals surface area contributed by atoms with E-state index in [9.17, 15) is 10.1 Å². The molecule has 2 aromatic rings. The summed E-state index contributed by atoms with van der Waals surface area (Å²) >= 11 is 1.21. The molecule has 18 heavy (non-hydrogen) atoms. The van der Waals surface area contributed by atoms with Gasteiger partial charge in [-0.2, -0.15) is 0 Å². The van der Waals surface area contributed by atoms with E-state index in [-0.39, 0.29) is 5.69 Å². The minimum Gasteiger partial charge on any atom is -0.396 e. The molecule has 0 aliphatic carbocycles. The van der Waals surface area contributed by atoms with Gasteiger partial charge in [-0.1, -0.05) is 23.9 Å². The van der Waals surface area contributed by atoms with Crippen LogP contribution in [0.2, 0.25) is 0 Å². The molecule has 2 N–H and O–H groups in total. The Hall–Kier alpha value is -2.08. The van der Waals surface area contributed by atoms with Crippen molar-refractivity contribution in [2.75, 3.05) is 5.73 Å². The number of nitro groups is 1. The molecule has 0 fully saturated rings. The maximum Gasteiger partial charge on any atom is 0.283 e. The molecule has 0 aliphatic heterocycles. The highest BCUT2D eigenvalue weighted by molar-refractivity contribution is 7.99. The summed E-state index contributed by atoms with van der Waals surface area (Å²) < 4.78 is 0. The van der Waals surface area contributed by atoms with Gasteiger partial charge in [-0.05, 0) is 24.6 Å². The van der Waals surface area contributed by atoms with Crippen molar-refractivity contribution >= 4 is 23.1 Å². The first-order valence-electron chi connectivity index (χ1n) is 5.22. The monoisotopic (exact) mass is 261 g/mol. The lowest BCUT2D eigenvalue weighted by Gasteiger charge is -2.06. The maximum absolute atomic E-state index is 10.9. The van der Waals surface area contributed by atoms with Gasteiger partial charge in [0.2, 0.25) is 0 Å². The molecule has 5 nitrogen and oxygen atoms in total. The number of nitrogens with zero attached hydrogens (tertiary/aromatic N) is 2. The Morgan fingerprint density at radius 3 is 2.78 bits per heavy atom. The number of nitrogen functional groups attached to an aromatic ring is 1. The van der Waals surface area contributed by atoms with Crippen molar-refractivity contribution in [3.8, 4) is 0 Å². The van der Waals surface area contributed by atoms with Crippen molar-refractivity contribution in [3.05, 3.63) is 52.2 Å². The summed E-state index contributed by atoms with van der Waals surface area (Å²) in [5.74, 6) is 0. The van der Waals surface area contributed by atoms with Gasteiger partial charge in [-0.3, -0.25) is 10.1 Å². The van der Waals surface area contributed by atoms with Gasteiger partial charge in [-0.15, -0.1) is 0 Å². The van der Waals surface area contributed by atoms with Gasteiger partial charge in [0.05, 0.1) is 15.5 Å². The summed E-state index contributed by atoms with van der Waals surface area (Å²) in [7, 11) is 0. The Morgan fingerprint density at radius 1 is 1.33 bits per heavy atom. The number of anilines is 1. The molecule has 0 unspecified atom stereocenters. The standard InChI is InChI=1S/C12H11N3O2S/c1-8-6-7-14-12(11(8)13)18-10-5-3-2-4-9(10)15(16)17/h2-7H,13H2,1H3. The molecular formula is C12H11N3O2S. The van der Waals surface area contributed by atoms with Crippen LogP contribution in [0.1, 0.15) is 5.56 Å². The minimum absolute atomic E-state index is 0.0604. The largest absolute Gasteiger partial charge is 0.396 e. The molecule has 1 heterocycles. The predicted molar refractivity (Wildman–Crippen MR) is 70.6 cm³/mol. The van der Waals surface area contributed by atoms with E-state index in [4.69, 9.17) is 5.73 Å². The quantitative estimate of drug-likeness (QED) is 0.678. The fourth-order valence-corrected chi connectivity index (χ4v) is 2.41. The van der Waals surface area contributed by atoms with Crippen molar-refractivity contribution in [2.45, 2.75) is 16.8 Å². The second-order valence-electron chi connectivity index (χ2n) is 3.67. The van der Waals surface area contributed by atoms with Crippen LogP contribution >= 0.6 is 11.8 Å². The number of hydrogen-bond acceptors (Lipinski definition) is 5. The van der Waals surface area contributed by atoms with Crippen LogP contribution < -0.4 is 5.73 Å². The van der Waals surface area contributed by atoms with E-state index in [0.717, 1.165) is 5.56 Å². The Bertz CT molecular complexity index is 602. The van der Waals surface area contributed by atoms with Gasteiger partial charge in [0, 0.05) is 12.3 Å². The van der Waals surface area contributed by atoms with Crippen LogP contribution in [0, 0.1) is 17.0 Å². The van der Waals surface area contributed by atoms with Crippen molar-refractivity contribution < 1.29 is 4.92 Å². The Morgan fingerprint density at radius 2 is 2.06 bits per heavy atom. The lowest BCUT2D eigenvalue weighted by atomic mass is 10.3. The van der Waals surface area contributed by atoms with E-state index in [1.807, 2.05) is 6.92 Å². The zero-order chi connectivity index (χ0) is 13.1. The normalized spacial score (nSPS) is 10.3. The van der Waals surface area contributed by atoms with Gasteiger partial charge in [0.15, 0.2) is 0 Å². The Kier molecular flexibility index (Phi) is 3.47. The molecule has 1 aromatic carbocycles. The number of rotatable bonds is 3. The van der Waals surface area contributed by atoms with E-state index >= 15 is 0 Å². The van der Waals surface area contributed by atoms with Gasteiger partial charge >= 0.3 is 0 Å². The number of aromatic nitrogens is 1. The first-order chi connectivity index (χ1) is 8.59. The molecule has 0 saturated heterocycles. The average molecular weight is 261 g/mol. The summed E-state index contributed by atoms with van der Waals surface area (Å²) in [6, 6.07) is 8.34. The van der Waals surface area contributed by atoms with E-state index < -0.39 is 4.92 Å². The SMILES string of the molecule is Cc1ccnc(Sc2ccccc2[N+](=O)[O-])c1N. The van der Waals surface area contributed by atoms with Crippen LogP contribution in [0.15, 0.2) is 46.5 Å². The molecule has 0 radical (unpaired) electrons. The average Bonchev–Trinajstić information content (AvgIpc) is 2.35. The first kappa shape index (κ1) is 12.4. The van der Waals surface area contributed by atoms with Crippen LogP contribution in [0.25, 0.3) is 0 Å². The van der Waals surface area contributed by atoms with E-state index in [1.54, 1.807) is 30.5 Å². The molecule has 1 aromatic heterocycles. The summed E-state index contributed by atoms with van der Waals surface area (Å²) in [5, 5.41) is 11.5. The van der Waals surface area contributed by atoms with Gasteiger partial charge in [0.25, 0.3) is 5.69 Å². The van der Waals surface area contributed by atoms with Crippen LogP contribution in [-0.2, 0) is 0 Å². The van der Waals surface area contributed by atoms with Gasteiger partial charge < -0.3 is 5.73 Å². The Balaban J connectivity index is 2.40. The molecular weight excluding hydrogens is 250 g/mol. The smallest absolute Gasteiger partial charge is 0.283 e. The zero-order valence-corrected chi connectivity index (χ0v) is 10.5. The van der Waals surface area contributed by atoms with E-state index in [0.29, 0.717) is 15.6 Å². The van der Waals surface area contributed by atoms with Crippen molar-refractivity contribution in [2.24, 2.45) is 0 Å². The molecule has 0 bridgehead atoms. The van der Waals surface area contributed by atoms with Crippen LogP contribution in [0.3, 0.4) is 0 Å². The number of nitro benzene ring substituents is 1. The maximum atomic E-state index is 10.9. The van der Waals surface area contributed by atoms with Crippen molar-refractivity contribution in [1.29, 1.82) is 0 Å². The number of pyridine rings is 1. The molecule has 0 spiro atoms. The third-order valence-electron chi connectivity index (χ3n) is 2.44. The number of nitrogens with two attached hydrogens (primary N) is 1. The third kappa shape index (κ3) is 2.43. The zero-order valence-electron chi connectivity index (χ0n) is 9.66. The molecule has 0 amide bonds. The van der Waals surface area contributed by atoms with Crippen LogP contribution in [0.5, 0.6) is 0 Å². The second kappa shape index (κ2) is 5.05. The highest BCUT2D eigenvalue weighted by Gasteiger charge is 2.15. The fourth-order valence-electron chi connectivity index (χ4n) is 1.42. The van der Waals surface area contributed by atoms with Crippen LogP contribution in [-0.4, -0.2) is 9.91 Å². The third-order valence-corrected chi connectivity index (χ3v) is 3.52. The highest BCUT2D eigenvalue weighted by Crippen LogP contribution is 2.36. The highest BCUT2D eigenvalue weighted by atomic mass is 32.2. The number of benzene rings is 1. The minimum atomic E-state index is -0.408. The lowest BCUT2D eigenvalue weighted by molar-refractivity contribution is -0.387. The number of aryl methyl sites for hydroxylation is 1. The molecule has 92 valence electrons. The van der Waals surface area contributed by atoms with Gasteiger partial charge in [0.1, 0.15) is 5.03 Å². The molecule has 6 heteroatoms. The lowest BCUT2D eigenvalue weighted by Crippen LogP contribution is -1.96. The molecule has 2 rings (SSSR count). The first-order valence-corrected chi connectivity index (χ1v) is 6.03. The van der Waals surface area contributed by atoms with Gasteiger partial charge in [-0.25, -0.2) is 4.98 Å².